The van der Waals surface area contributed by atoms with Crippen molar-refractivity contribution in [3.63, 3.8) is 0 Å². The summed E-state index contributed by atoms with van der Waals surface area (Å²) in [5, 5.41) is 4.90. The highest BCUT2D eigenvalue weighted by molar-refractivity contribution is 7.07. The van der Waals surface area contributed by atoms with Crippen LogP contribution in [-0.2, 0) is 14.3 Å². The van der Waals surface area contributed by atoms with Crippen molar-refractivity contribution in [3.05, 3.63) is 145 Å². The van der Waals surface area contributed by atoms with Gasteiger partial charge in [0.25, 0.3) is 5.56 Å². The highest BCUT2D eigenvalue weighted by Gasteiger charge is 2.33. The van der Waals surface area contributed by atoms with Crippen LogP contribution in [0.25, 0.3) is 23.0 Å². The number of nitrogens with zero attached hydrogens (tertiary/aromatic N) is 4. The van der Waals surface area contributed by atoms with Crippen molar-refractivity contribution in [1.29, 1.82) is 0 Å². The van der Waals surface area contributed by atoms with Crippen molar-refractivity contribution in [3.8, 4) is 22.7 Å². The van der Waals surface area contributed by atoms with Crippen LogP contribution in [0.1, 0.15) is 41.4 Å². The van der Waals surface area contributed by atoms with Crippen molar-refractivity contribution in [2.75, 3.05) is 20.3 Å². The number of carbonyl (C=O) groups is 2. The van der Waals surface area contributed by atoms with E-state index in [0.29, 0.717) is 44.0 Å². The molecule has 0 radical (unpaired) electrons. The van der Waals surface area contributed by atoms with Gasteiger partial charge in [-0.05, 0) is 74.0 Å². The lowest BCUT2D eigenvalue weighted by Crippen LogP contribution is -2.40. The van der Waals surface area contributed by atoms with Crippen molar-refractivity contribution < 1.29 is 23.8 Å². The Balaban J connectivity index is 1.52. The van der Waals surface area contributed by atoms with E-state index in [9.17, 15) is 14.4 Å². The third-order valence-corrected chi connectivity index (χ3v) is 8.69. The van der Waals surface area contributed by atoms with E-state index in [1.165, 1.54) is 29.1 Å². The summed E-state index contributed by atoms with van der Waals surface area (Å²) in [5.74, 6) is -0.368. The first-order valence-electron chi connectivity index (χ1n) is 15.2. The summed E-state index contributed by atoms with van der Waals surface area (Å²) in [4.78, 5) is 45.0. The molecule has 5 aromatic rings. The lowest BCUT2D eigenvalue weighted by Gasteiger charge is -2.24. The molecule has 0 saturated heterocycles. The minimum atomic E-state index is -0.856. The summed E-state index contributed by atoms with van der Waals surface area (Å²) in [7, 11) is 1.30. The van der Waals surface area contributed by atoms with Crippen LogP contribution in [0.15, 0.2) is 119 Å². The summed E-state index contributed by atoms with van der Waals surface area (Å²) >= 11 is 1.21. The van der Waals surface area contributed by atoms with Crippen molar-refractivity contribution in [2.24, 2.45) is 4.99 Å². The molecule has 0 spiro atoms. The average Bonchev–Trinajstić information content (AvgIpc) is 3.67. The summed E-state index contributed by atoms with van der Waals surface area (Å²) < 4.78 is 19.6. The van der Waals surface area contributed by atoms with Gasteiger partial charge < -0.3 is 14.2 Å². The van der Waals surface area contributed by atoms with Gasteiger partial charge in [-0.1, -0.05) is 54.3 Å². The van der Waals surface area contributed by atoms with Gasteiger partial charge in [0.15, 0.2) is 4.80 Å². The first kappa shape index (κ1) is 32.1. The number of carbonyl (C=O) groups excluding carboxylic acids is 2. The Morgan fingerprint density at radius 1 is 1.00 bits per heavy atom. The number of ether oxygens (including phenoxy) is 3. The second-order valence-electron chi connectivity index (χ2n) is 10.8. The van der Waals surface area contributed by atoms with Gasteiger partial charge in [-0.25, -0.2) is 19.3 Å². The van der Waals surface area contributed by atoms with Gasteiger partial charge in [0.2, 0.25) is 0 Å². The van der Waals surface area contributed by atoms with E-state index >= 15 is 0 Å². The summed E-state index contributed by atoms with van der Waals surface area (Å²) in [6, 6.07) is 23.1. The Bertz CT molecular complexity index is 2210. The monoisotopic (exact) mass is 660 g/mol. The zero-order chi connectivity index (χ0) is 33.8. The molecule has 0 bridgehead atoms. The van der Waals surface area contributed by atoms with Crippen LogP contribution in [0.5, 0.6) is 5.75 Å². The number of rotatable bonds is 10. The SMILES string of the molecule is C=CCOC(=O)C1=C(C)N=c2s/c(=C\c3cn(-c4ccccc4)nc3-c3ccc(OCC)cc3)c(=O)n2C1c1ccc(C(=O)OC)cc1. The topological polar surface area (TPSA) is 114 Å². The first-order valence-corrected chi connectivity index (χ1v) is 16.0. The normalized spacial score (nSPS) is 14.2. The number of methoxy groups -OCH3 is 1. The molecule has 1 unspecified atom stereocenters. The molecule has 242 valence electrons. The third kappa shape index (κ3) is 6.27. The fourth-order valence-corrected chi connectivity index (χ4v) is 6.51. The van der Waals surface area contributed by atoms with E-state index in [1.54, 1.807) is 41.9 Å². The fraction of sp³-hybridized carbons (Fsp3) is 0.162. The molecule has 0 fully saturated rings. The van der Waals surface area contributed by atoms with Crippen LogP contribution in [0.4, 0.5) is 0 Å². The molecule has 3 heterocycles. The smallest absolute Gasteiger partial charge is 0.338 e. The standard InChI is InChI=1S/C37H32N4O6S/c1-5-20-47-36(44)31-23(3)38-37-41(33(31)25-12-14-26(15-13-25)35(43)45-4)34(42)30(48-37)21-27-22-40(28-10-8-7-9-11-28)39-32(27)24-16-18-29(19-17-24)46-6-2/h5,7-19,21-22,33H,1,6,20H2,2-4H3/b30-21-. The number of aromatic nitrogens is 3. The Morgan fingerprint density at radius 3 is 2.40 bits per heavy atom. The van der Waals surface area contributed by atoms with Crippen molar-refractivity contribution >= 4 is 29.4 Å². The number of allylic oxidation sites excluding steroid dienone is 1. The van der Waals surface area contributed by atoms with Crippen molar-refractivity contribution in [1.82, 2.24) is 14.3 Å². The van der Waals surface area contributed by atoms with Crippen LogP contribution in [0, 0.1) is 0 Å². The molecule has 3 aromatic carbocycles. The van der Waals surface area contributed by atoms with E-state index < -0.39 is 18.0 Å². The van der Waals surface area contributed by atoms with E-state index in [0.717, 1.165) is 17.0 Å². The number of benzene rings is 3. The molecular formula is C37H32N4O6S. The maximum absolute atomic E-state index is 14.3. The largest absolute Gasteiger partial charge is 0.494 e. The maximum atomic E-state index is 14.3. The van der Waals surface area contributed by atoms with Crippen LogP contribution >= 0.6 is 11.3 Å². The van der Waals surface area contributed by atoms with E-state index in [4.69, 9.17) is 19.3 Å². The zero-order valence-corrected chi connectivity index (χ0v) is 27.4. The molecular weight excluding hydrogens is 628 g/mol. The van der Waals surface area contributed by atoms with Gasteiger partial charge in [-0.3, -0.25) is 9.36 Å². The molecule has 1 aliphatic rings. The van der Waals surface area contributed by atoms with E-state index in [2.05, 4.69) is 11.6 Å². The Morgan fingerprint density at radius 2 is 1.73 bits per heavy atom. The van der Waals surface area contributed by atoms with Gasteiger partial charge in [0.05, 0.1) is 46.8 Å². The van der Waals surface area contributed by atoms with Gasteiger partial charge in [0, 0.05) is 17.3 Å². The summed E-state index contributed by atoms with van der Waals surface area (Å²) in [5.41, 5.74) is 4.33. The van der Waals surface area contributed by atoms with Gasteiger partial charge in [-0.15, -0.1) is 0 Å². The minimum absolute atomic E-state index is 0.00619. The lowest BCUT2D eigenvalue weighted by molar-refractivity contribution is -0.138. The quantitative estimate of drug-likeness (QED) is 0.153. The van der Waals surface area contributed by atoms with E-state index in [-0.39, 0.29) is 17.7 Å². The molecule has 0 saturated carbocycles. The number of fused-ring (bicyclic) bond motifs is 1. The highest BCUT2D eigenvalue weighted by Crippen LogP contribution is 2.31. The second kappa shape index (κ2) is 13.9. The first-order chi connectivity index (χ1) is 23.3. The van der Waals surface area contributed by atoms with Crippen LogP contribution < -0.4 is 19.6 Å². The fourth-order valence-electron chi connectivity index (χ4n) is 5.48. The highest BCUT2D eigenvalue weighted by atomic mass is 32.1. The molecule has 11 heteroatoms. The number of esters is 2. The van der Waals surface area contributed by atoms with Crippen LogP contribution in [0.2, 0.25) is 0 Å². The predicted octanol–water partition coefficient (Wildman–Crippen LogP) is 5.00. The van der Waals surface area contributed by atoms with Gasteiger partial charge >= 0.3 is 11.9 Å². The molecule has 1 aliphatic heterocycles. The van der Waals surface area contributed by atoms with Crippen LogP contribution in [-0.4, -0.2) is 46.6 Å². The maximum Gasteiger partial charge on any atom is 0.338 e. The molecule has 0 amide bonds. The molecule has 6 rings (SSSR count). The number of hydrogen-bond donors (Lipinski definition) is 0. The van der Waals surface area contributed by atoms with Gasteiger partial charge in [-0.2, -0.15) is 5.10 Å². The average molecular weight is 661 g/mol. The van der Waals surface area contributed by atoms with E-state index in [1.807, 2.05) is 67.7 Å². The summed E-state index contributed by atoms with van der Waals surface area (Å²) in [6.45, 7) is 7.82. The Kier molecular flexibility index (Phi) is 9.31. The lowest BCUT2D eigenvalue weighted by atomic mass is 9.95. The predicted molar refractivity (Wildman–Crippen MR) is 183 cm³/mol. The molecule has 1 atom stereocenters. The molecule has 48 heavy (non-hydrogen) atoms. The molecule has 0 N–H and O–H groups in total. The number of para-hydroxylation sites is 1. The van der Waals surface area contributed by atoms with Gasteiger partial charge in [0.1, 0.15) is 18.1 Å². The Hall–Kier alpha value is -5.81. The second-order valence-corrected chi connectivity index (χ2v) is 11.8. The number of thiazole rings is 1. The Labute approximate surface area is 280 Å². The van der Waals surface area contributed by atoms with Crippen molar-refractivity contribution in [2.45, 2.75) is 19.9 Å². The third-order valence-electron chi connectivity index (χ3n) is 7.71. The van der Waals surface area contributed by atoms with Crippen LogP contribution in [0.3, 0.4) is 0 Å². The summed E-state index contributed by atoms with van der Waals surface area (Å²) in [6.07, 6.45) is 5.15. The minimum Gasteiger partial charge on any atom is -0.494 e. The zero-order valence-electron chi connectivity index (χ0n) is 26.6. The molecule has 0 aliphatic carbocycles. The molecule has 10 nitrogen and oxygen atoms in total. The molecule has 2 aromatic heterocycles. The number of hydrogen-bond acceptors (Lipinski definition) is 9.